The average molecular weight is 961 g/mol. The van der Waals surface area contributed by atoms with Gasteiger partial charge in [-0.15, -0.1) is 0 Å². The third-order valence-electron chi connectivity index (χ3n) is 11.9. The number of rotatable bonds is 10. The number of amides is 2. The van der Waals surface area contributed by atoms with Crippen LogP contribution in [-0.4, -0.2) is 56.8 Å². The van der Waals surface area contributed by atoms with Crippen LogP contribution in [-0.2, 0) is 35.3 Å². The molecule has 2 aromatic heterocycles. The number of benzene rings is 4. The first-order valence-electron chi connectivity index (χ1n) is 21.8. The molecule has 2 aliphatic heterocycles. The van der Waals surface area contributed by atoms with Crippen molar-refractivity contribution >= 4 is 69.3 Å². The minimum atomic E-state index is -1.45. The van der Waals surface area contributed by atoms with Crippen LogP contribution in [0.5, 0.6) is 11.5 Å². The van der Waals surface area contributed by atoms with Crippen molar-refractivity contribution in [1.29, 1.82) is 0 Å². The molecular formula is C50H42N8Na2O10. The molecule has 0 spiro atoms. The van der Waals surface area contributed by atoms with Crippen molar-refractivity contribution in [2.45, 2.75) is 65.2 Å². The van der Waals surface area contributed by atoms with E-state index in [1.807, 2.05) is 24.3 Å². The molecule has 0 unspecified atom stereocenters. The summed E-state index contributed by atoms with van der Waals surface area (Å²) in [4.78, 5) is 48.0. The molecule has 6 aromatic rings. The number of phenolic OH excluding ortho intramolecular Hbond substituents is 2. The summed E-state index contributed by atoms with van der Waals surface area (Å²) in [5.41, 5.74) is 14.0. The summed E-state index contributed by atoms with van der Waals surface area (Å²) >= 11 is 0. The number of carboxylic acids is 2. The van der Waals surface area contributed by atoms with Gasteiger partial charge in [-0.1, -0.05) is 24.3 Å². The Hall–Kier alpha value is -6.80. The van der Waals surface area contributed by atoms with Crippen LogP contribution in [0.4, 0.5) is 22.7 Å². The zero-order valence-electron chi connectivity index (χ0n) is 38.7. The zero-order chi connectivity index (χ0) is 47.6. The van der Waals surface area contributed by atoms with Gasteiger partial charge in [0.25, 0.3) is 0 Å². The van der Waals surface area contributed by atoms with E-state index in [0.29, 0.717) is 22.8 Å². The molecule has 0 fully saturated rings. The van der Waals surface area contributed by atoms with Gasteiger partial charge >= 0.3 is 70.9 Å². The number of carbonyl (C=O) groups excluding carboxylic acids is 4. The van der Waals surface area contributed by atoms with Crippen LogP contribution in [0.1, 0.15) is 82.9 Å². The van der Waals surface area contributed by atoms with E-state index in [9.17, 15) is 39.6 Å². The van der Waals surface area contributed by atoms with Gasteiger partial charge < -0.3 is 38.8 Å². The van der Waals surface area contributed by atoms with E-state index in [1.54, 1.807) is 50.2 Å². The normalized spacial score (nSPS) is 16.0. The molecule has 70 heavy (non-hydrogen) atoms. The second-order valence-electron chi connectivity index (χ2n) is 16.4. The second kappa shape index (κ2) is 21.9. The first kappa shape index (κ1) is 51.1. The Morgan fingerprint density at radius 3 is 1.33 bits per heavy atom. The topological polar surface area (TPSA) is 261 Å². The molecule has 4 heterocycles. The summed E-state index contributed by atoms with van der Waals surface area (Å²) in [7, 11) is 0. The van der Waals surface area contributed by atoms with Crippen molar-refractivity contribution in [2.75, 3.05) is 20.9 Å². The van der Waals surface area contributed by atoms with Crippen LogP contribution in [0.15, 0.2) is 126 Å². The van der Waals surface area contributed by atoms with Crippen molar-refractivity contribution in [3.63, 3.8) is 0 Å². The molecule has 4 aliphatic rings. The minimum absolute atomic E-state index is 0. The Morgan fingerprint density at radius 1 is 0.571 bits per heavy atom. The number of nitrogens with one attached hydrogen (secondary N) is 2. The van der Waals surface area contributed by atoms with E-state index in [2.05, 4.69) is 43.4 Å². The molecule has 4 N–H and O–H groups in total. The molecule has 0 radical (unpaired) electrons. The fraction of sp³-hybridized carbons (Fsp3) is 0.200. The Labute approximate surface area is 445 Å². The number of phenols is 2. The Morgan fingerprint density at radius 2 is 0.957 bits per heavy atom. The van der Waals surface area contributed by atoms with Crippen molar-refractivity contribution in [3.8, 4) is 34.1 Å². The summed E-state index contributed by atoms with van der Waals surface area (Å²) in [6.07, 6.45) is 8.73. The Kier molecular flexibility index (Phi) is 16.0. The van der Waals surface area contributed by atoms with Gasteiger partial charge in [0.05, 0.1) is 45.3 Å². The molecule has 0 bridgehead atoms. The zero-order valence-corrected chi connectivity index (χ0v) is 42.7. The number of aromatic hydroxyl groups is 2. The minimum Gasteiger partial charge on any atom is -0.542 e. The number of anilines is 4. The first-order chi connectivity index (χ1) is 32.8. The number of nitrogens with zero attached hydrogens (tertiary/aromatic N) is 6. The second-order valence-corrected chi connectivity index (χ2v) is 16.4. The Bertz CT molecular complexity index is 2970. The van der Waals surface area contributed by atoms with Crippen molar-refractivity contribution in [3.05, 3.63) is 131 Å². The molecule has 0 saturated heterocycles. The number of furan rings is 2. The molecule has 10 rings (SSSR count). The van der Waals surface area contributed by atoms with Crippen molar-refractivity contribution in [2.24, 2.45) is 20.4 Å². The maximum Gasteiger partial charge on any atom is 1.00 e. The molecule has 18 nitrogen and oxygen atoms in total. The number of carbonyl (C=O) groups is 4. The van der Waals surface area contributed by atoms with E-state index >= 15 is 0 Å². The summed E-state index contributed by atoms with van der Waals surface area (Å²) in [6, 6.07) is 26.8. The number of para-hydroxylation sites is 2. The predicted octanol–water partition coefficient (Wildman–Crippen LogP) is 0.178. The largest absolute Gasteiger partial charge is 1.00 e. The fourth-order valence-corrected chi connectivity index (χ4v) is 8.39. The number of hydrogen-bond donors (Lipinski definition) is 4. The van der Waals surface area contributed by atoms with Crippen molar-refractivity contribution in [1.82, 2.24) is 0 Å². The van der Waals surface area contributed by atoms with Gasteiger partial charge in [-0.2, -0.15) is 30.4 Å². The first-order valence-corrected chi connectivity index (χ1v) is 21.8. The van der Waals surface area contributed by atoms with E-state index in [4.69, 9.17) is 8.83 Å². The summed E-state index contributed by atoms with van der Waals surface area (Å²) < 4.78 is 10.4. The summed E-state index contributed by atoms with van der Waals surface area (Å²) in [5.74, 6) is -4.47. The van der Waals surface area contributed by atoms with Gasteiger partial charge in [-0.25, -0.2) is 0 Å². The average Bonchev–Trinajstić information content (AvgIpc) is 4.15. The van der Waals surface area contributed by atoms with Crippen LogP contribution in [0, 0.1) is 0 Å². The van der Waals surface area contributed by atoms with Gasteiger partial charge in [0.15, 0.2) is 22.9 Å². The van der Waals surface area contributed by atoms with E-state index in [1.165, 1.54) is 69.4 Å². The molecule has 0 saturated carbocycles. The number of hydrazone groups is 4. The van der Waals surface area contributed by atoms with Crippen LogP contribution in [0.3, 0.4) is 0 Å². The molecule has 20 heteroatoms. The maximum absolute atomic E-state index is 13.0. The summed E-state index contributed by atoms with van der Waals surface area (Å²) in [6.45, 7) is 3.38. The SMILES string of the molecule is CC1=NN(c2ccc3c(c2)CCCC3)C(=O)/C1=N\Nc1cccc(-c2ccc(C(=O)[O-])o2)c1O.CC1=NN(c2ccc3c(c2)CCCC3)C(=O)/C1=N\Nc1cccc(-c2ccc(C(=O)[O-])o2)c1O.[Na+].[Na+]. The number of carboxylic acid groups (broad SMARTS) is 2. The summed E-state index contributed by atoms with van der Waals surface area (Å²) in [5, 5.41) is 63.1. The monoisotopic (exact) mass is 960 g/mol. The van der Waals surface area contributed by atoms with E-state index in [-0.39, 0.29) is 139 Å². The maximum atomic E-state index is 13.0. The van der Waals surface area contributed by atoms with Crippen molar-refractivity contribution < 1.29 is 108 Å². The van der Waals surface area contributed by atoms with E-state index in [0.717, 1.165) is 38.5 Å². The molecular weight excluding hydrogens is 919 g/mol. The van der Waals surface area contributed by atoms with Gasteiger partial charge in [-0.3, -0.25) is 20.4 Å². The van der Waals surface area contributed by atoms with Gasteiger partial charge in [0.2, 0.25) is 0 Å². The predicted molar refractivity (Wildman–Crippen MR) is 250 cm³/mol. The molecule has 0 atom stereocenters. The molecule has 344 valence electrons. The third-order valence-corrected chi connectivity index (χ3v) is 11.9. The van der Waals surface area contributed by atoms with Gasteiger partial charge in [-0.05, 0) is 160 Å². The molecule has 2 aliphatic carbocycles. The number of hydrogen-bond acceptors (Lipinski definition) is 16. The van der Waals surface area contributed by atoms with Crippen LogP contribution in [0.2, 0.25) is 0 Å². The fourth-order valence-electron chi connectivity index (χ4n) is 8.39. The van der Waals surface area contributed by atoms with Crippen LogP contribution < -0.4 is 90.2 Å². The third kappa shape index (κ3) is 10.5. The smallest absolute Gasteiger partial charge is 0.542 e. The van der Waals surface area contributed by atoms with E-state index < -0.39 is 11.9 Å². The van der Waals surface area contributed by atoms with Gasteiger partial charge in [0, 0.05) is 0 Å². The quantitative estimate of drug-likeness (QED) is 0.0815. The standard InChI is InChI=1S/2C25H22N4O5.2Na/c2*1-14-22(24(31)29(28-14)17-10-9-15-5-2-3-6-16(15)13-17)27-26-19-8-4-7-18(23(19)30)20-11-12-21(34-20)25(32)33;;/h2*4,7-13,26,30H,2-3,5-6H2,1H3,(H,32,33);;/q;;2*+1/p-2/b2*27-22-;;. The number of aromatic carboxylic acids is 2. The van der Waals surface area contributed by atoms with Gasteiger partial charge in [0.1, 0.15) is 35.0 Å². The molecule has 2 amide bonds. The van der Waals surface area contributed by atoms with Crippen LogP contribution >= 0.6 is 0 Å². The Balaban J connectivity index is 0.000000201. The van der Waals surface area contributed by atoms with Crippen LogP contribution in [0.25, 0.3) is 22.6 Å². The number of fused-ring (bicyclic) bond motifs is 2. The molecule has 4 aromatic carbocycles. The number of aryl methyl sites for hydroxylation is 4.